The van der Waals surface area contributed by atoms with E-state index in [9.17, 15) is 4.39 Å². The van der Waals surface area contributed by atoms with Crippen LogP contribution in [-0.4, -0.2) is 57.6 Å². The second-order valence-corrected chi connectivity index (χ2v) is 7.93. The first kappa shape index (κ1) is 19.6. The Morgan fingerprint density at radius 3 is 2.55 bits per heavy atom. The lowest BCUT2D eigenvalue weighted by molar-refractivity contribution is 0.588. The molecule has 4 heterocycles. The zero-order valence-corrected chi connectivity index (χ0v) is 17.7. The van der Waals surface area contributed by atoms with Crippen LogP contribution in [0.2, 0.25) is 0 Å². The SMILES string of the molecule is CSc1nc(Nc2ccc3n[nH]c(F)c3c2)cc(N2CCN(c3ccccn3)CC2)n1. The van der Waals surface area contributed by atoms with E-state index in [1.54, 1.807) is 12.1 Å². The third-order valence-corrected chi connectivity index (χ3v) is 5.78. The molecule has 1 fully saturated rings. The summed E-state index contributed by atoms with van der Waals surface area (Å²) in [6.45, 7) is 3.42. The first-order valence-corrected chi connectivity index (χ1v) is 11.2. The van der Waals surface area contributed by atoms with E-state index in [2.05, 4.69) is 35.3 Å². The fraction of sp³-hybridized carbons (Fsp3) is 0.238. The zero-order chi connectivity index (χ0) is 21.2. The molecule has 1 aromatic carbocycles. The van der Waals surface area contributed by atoms with Gasteiger partial charge < -0.3 is 15.1 Å². The number of halogens is 1. The highest BCUT2D eigenvalue weighted by molar-refractivity contribution is 7.98. The average molecular weight is 437 g/mol. The standard InChI is InChI=1S/C21H21FN8S/c1-31-21-25-17(24-14-5-6-16-15(12-14)20(22)28-27-16)13-19(26-21)30-10-8-29(9-11-30)18-4-2-3-7-23-18/h2-7,12-13H,8-11H2,1H3,(H,27,28)(H,24,25,26). The van der Waals surface area contributed by atoms with Crippen LogP contribution in [0.1, 0.15) is 0 Å². The lowest BCUT2D eigenvalue weighted by atomic mass is 10.2. The summed E-state index contributed by atoms with van der Waals surface area (Å²) in [4.78, 5) is 18.3. The number of benzene rings is 1. The highest BCUT2D eigenvalue weighted by atomic mass is 32.2. The Morgan fingerprint density at radius 2 is 1.81 bits per heavy atom. The van der Waals surface area contributed by atoms with Crippen molar-refractivity contribution in [3.63, 3.8) is 0 Å². The lowest BCUT2D eigenvalue weighted by Gasteiger charge is -2.36. The molecule has 1 aliphatic heterocycles. The Balaban J connectivity index is 1.35. The number of nitrogens with one attached hydrogen (secondary N) is 2. The van der Waals surface area contributed by atoms with Gasteiger partial charge in [0.05, 0.1) is 10.9 Å². The van der Waals surface area contributed by atoms with Gasteiger partial charge in [0.1, 0.15) is 17.5 Å². The summed E-state index contributed by atoms with van der Waals surface area (Å²) in [6, 6.07) is 13.3. The fourth-order valence-corrected chi connectivity index (χ4v) is 4.01. The van der Waals surface area contributed by atoms with E-state index in [1.165, 1.54) is 11.8 Å². The number of aromatic nitrogens is 5. The predicted molar refractivity (Wildman–Crippen MR) is 122 cm³/mol. The zero-order valence-electron chi connectivity index (χ0n) is 16.9. The Bertz CT molecular complexity index is 1190. The third-order valence-electron chi connectivity index (χ3n) is 5.23. The van der Waals surface area contributed by atoms with Crippen molar-refractivity contribution in [2.75, 3.05) is 47.6 Å². The van der Waals surface area contributed by atoms with Crippen LogP contribution in [-0.2, 0) is 0 Å². The number of nitrogens with zero attached hydrogens (tertiary/aromatic N) is 6. The number of fused-ring (bicyclic) bond motifs is 1. The number of rotatable bonds is 5. The molecule has 0 unspecified atom stereocenters. The molecule has 0 spiro atoms. The Morgan fingerprint density at radius 1 is 1.00 bits per heavy atom. The van der Waals surface area contributed by atoms with Gasteiger partial charge in [-0.05, 0) is 36.6 Å². The second kappa shape index (κ2) is 8.38. The monoisotopic (exact) mass is 436 g/mol. The summed E-state index contributed by atoms with van der Waals surface area (Å²) in [5.74, 6) is 2.10. The van der Waals surface area contributed by atoms with Gasteiger partial charge in [-0.25, -0.2) is 15.0 Å². The number of hydrogen-bond donors (Lipinski definition) is 2. The number of piperazine rings is 1. The lowest BCUT2D eigenvalue weighted by Crippen LogP contribution is -2.47. The van der Waals surface area contributed by atoms with E-state index in [-0.39, 0.29) is 0 Å². The van der Waals surface area contributed by atoms with Crippen LogP contribution in [0.25, 0.3) is 10.9 Å². The number of anilines is 4. The summed E-state index contributed by atoms with van der Waals surface area (Å²) >= 11 is 1.49. The van der Waals surface area contributed by atoms with E-state index >= 15 is 0 Å². The number of aromatic amines is 1. The normalized spacial score (nSPS) is 14.3. The van der Waals surface area contributed by atoms with Gasteiger partial charge in [0, 0.05) is 44.1 Å². The van der Waals surface area contributed by atoms with Crippen molar-refractivity contribution in [3.05, 3.63) is 54.6 Å². The molecule has 0 atom stereocenters. The molecule has 0 radical (unpaired) electrons. The molecule has 8 nitrogen and oxygen atoms in total. The third kappa shape index (κ3) is 4.11. The maximum atomic E-state index is 13.9. The molecule has 0 amide bonds. The Kier molecular flexibility index (Phi) is 5.29. The van der Waals surface area contributed by atoms with Crippen molar-refractivity contribution in [2.24, 2.45) is 0 Å². The van der Waals surface area contributed by atoms with Crippen LogP contribution < -0.4 is 15.1 Å². The van der Waals surface area contributed by atoms with Crippen LogP contribution in [0.15, 0.2) is 53.8 Å². The summed E-state index contributed by atoms with van der Waals surface area (Å²) in [5, 5.41) is 10.7. The summed E-state index contributed by atoms with van der Waals surface area (Å²) in [5.41, 5.74) is 1.33. The summed E-state index contributed by atoms with van der Waals surface area (Å²) < 4.78 is 13.9. The van der Waals surface area contributed by atoms with Gasteiger partial charge in [0.25, 0.3) is 0 Å². The van der Waals surface area contributed by atoms with Gasteiger partial charge in [0.15, 0.2) is 5.16 Å². The number of pyridine rings is 1. The van der Waals surface area contributed by atoms with Crippen LogP contribution in [0.5, 0.6) is 0 Å². The largest absolute Gasteiger partial charge is 0.353 e. The van der Waals surface area contributed by atoms with Gasteiger partial charge >= 0.3 is 0 Å². The minimum absolute atomic E-state index is 0.440. The first-order chi connectivity index (χ1) is 15.2. The molecule has 1 saturated heterocycles. The van der Waals surface area contributed by atoms with E-state index in [0.29, 0.717) is 21.9 Å². The van der Waals surface area contributed by atoms with E-state index in [1.807, 2.05) is 42.8 Å². The number of hydrogen-bond acceptors (Lipinski definition) is 8. The van der Waals surface area contributed by atoms with E-state index < -0.39 is 5.95 Å². The van der Waals surface area contributed by atoms with Crippen molar-refractivity contribution in [1.29, 1.82) is 0 Å². The van der Waals surface area contributed by atoms with E-state index in [4.69, 9.17) is 4.98 Å². The molecular formula is C21H21FN8S. The molecule has 3 aromatic heterocycles. The number of H-pyrrole nitrogens is 1. The Labute approximate surface area is 182 Å². The van der Waals surface area contributed by atoms with Crippen molar-refractivity contribution in [3.8, 4) is 0 Å². The molecule has 158 valence electrons. The van der Waals surface area contributed by atoms with Gasteiger partial charge in [-0.1, -0.05) is 17.8 Å². The molecule has 1 aliphatic rings. The fourth-order valence-electron chi connectivity index (χ4n) is 3.64. The maximum absolute atomic E-state index is 13.9. The summed E-state index contributed by atoms with van der Waals surface area (Å²) in [6.07, 6.45) is 3.77. The van der Waals surface area contributed by atoms with Crippen LogP contribution >= 0.6 is 11.8 Å². The van der Waals surface area contributed by atoms with Crippen LogP contribution in [0, 0.1) is 5.95 Å². The van der Waals surface area contributed by atoms with Gasteiger partial charge in [-0.2, -0.15) is 9.49 Å². The molecular weight excluding hydrogens is 415 g/mol. The maximum Gasteiger partial charge on any atom is 0.216 e. The van der Waals surface area contributed by atoms with Gasteiger partial charge in [-0.3, -0.25) is 5.10 Å². The smallest absolute Gasteiger partial charge is 0.216 e. The average Bonchev–Trinajstić information content (AvgIpc) is 3.19. The predicted octanol–water partition coefficient (Wildman–Crippen LogP) is 3.68. The first-order valence-electron chi connectivity index (χ1n) is 9.94. The molecule has 4 aromatic rings. The number of thioether (sulfide) groups is 1. The molecule has 0 bridgehead atoms. The minimum atomic E-state index is -0.447. The summed E-state index contributed by atoms with van der Waals surface area (Å²) in [7, 11) is 0. The molecule has 31 heavy (non-hydrogen) atoms. The van der Waals surface area contributed by atoms with Crippen molar-refractivity contribution in [2.45, 2.75) is 5.16 Å². The van der Waals surface area contributed by atoms with Gasteiger partial charge in [0.2, 0.25) is 5.95 Å². The van der Waals surface area contributed by atoms with Crippen molar-refractivity contribution in [1.82, 2.24) is 25.1 Å². The topological polar surface area (TPSA) is 85.9 Å². The van der Waals surface area contributed by atoms with Crippen molar-refractivity contribution >= 4 is 45.8 Å². The van der Waals surface area contributed by atoms with Gasteiger partial charge in [-0.15, -0.1) is 0 Å². The Hall–Kier alpha value is -3.40. The molecule has 0 aliphatic carbocycles. The second-order valence-electron chi connectivity index (χ2n) is 7.15. The molecule has 10 heteroatoms. The highest BCUT2D eigenvalue weighted by Crippen LogP contribution is 2.26. The molecule has 2 N–H and O–H groups in total. The molecule has 0 saturated carbocycles. The molecule has 5 rings (SSSR count). The van der Waals surface area contributed by atoms with Crippen LogP contribution in [0.4, 0.5) is 27.5 Å². The minimum Gasteiger partial charge on any atom is -0.353 e. The van der Waals surface area contributed by atoms with Crippen molar-refractivity contribution < 1.29 is 4.39 Å². The van der Waals surface area contributed by atoms with Crippen LogP contribution in [0.3, 0.4) is 0 Å². The quantitative estimate of drug-likeness (QED) is 0.362. The van der Waals surface area contributed by atoms with E-state index in [0.717, 1.165) is 43.5 Å². The highest BCUT2D eigenvalue weighted by Gasteiger charge is 2.20.